The van der Waals surface area contributed by atoms with Crippen LogP contribution in [-0.2, 0) is 0 Å². The van der Waals surface area contributed by atoms with E-state index in [-0.39, 0.29) is 20.5 Å². The van der Waals surface area contributed by atoms with Crippen molar-refractivity contribution in [3.05, 3.63) is 516 Å². The number of nitrogens with zero attached hydrogens (tertiary/aromatic N) is 6. The van der Waals surface area contributed by atoms with Crippen LogP contribution in [0.5, 0.6) is 0 Å². The van der Waals surface area contributed by atoms with E-state index in [4.69, 9.17) is 0 Å². The van der Waals surface area contributed by atoms with Gasteiger partial charge in [-0.15, -0.1) is 0 Å². The van der Waals surface area contributed by atoms with Crippen LogP contribution in [0, 0.1) is 0 Å². The second-order valence-corrected chi connectivity index (χ2v) is 39.5. The molecule has 0 saturated carbocycles. The highest BCUT2D eigenvalue weighted by atomic mass is 15.2. The summed E-state index contributed by atoms with van der Waals surface area (Å²) in [4.78, 5) is 4.79. The van der Waals surface area contributed by atoms with Crippen LogP contribution in [-0.4, -0.2) is 38.5 Å². The molecule has 23 aromatic carbocycles. The standard InChI is InChI=1S/C48H29BN2.C46H29BN2.C42H27BN2/c1-2-12-30(13-3-1)32-26-39-35-14-4-8-18-43(35)49-44-19-9-5-15-36(44)40-27-33(29-42-41(28-32)47(39)51(49)48(40)42)31-22-24-34(25-23-31)50-45-20-10-6-16-37(45)38-17-7-11-21-46(38)50;1-3-16-32(17-4-1)48(33-18-5-2-6-19-33)34-28-41-38-22-10-12-25-44(38)47-43-24-11-9-21-37(43)39-26-31(27-40-42(29-34)46(41)49(47)45(39)40)36-23-13-15-30-14-7-8-20-35(30)36;1-4-14-28(15-5-1)29-24-35-33-20-10-12-22-39(33)43-40-23-13-11-21-34(40)37-26-32(27-38-36(25-29)41(35)45(43)42(37)38)44(30-16-6-2-7-17-30)31-18-8-3-9-19-31/h1-29H;1-29H;1-27H. The minimum absolute atomic E-state index is 0.112. The fourth-order valence-corrected chi connectivity index (χ4v) is 26.0. The third kappa shape index (κ3) is 12.1. The van der Waals surface area contributed by atoms with E-state index < -0.39 is 0 Å². The number of hydrogen-bond donors (Lipinski definition) is 0. The van der Waals surface area contributed by atoms with Crippen LogP contribution in [0.25, 0.3) is 215 Å². The SMILES string of the molecule is c1ccc(-c2cc3c4c(c2)c2cc(-c5ccc(-n6c7ccccc7c7ccccc76)cc5)cc5c2n4B(c2ccccc2-3)c2ccccc2-5)cc1.c1ccc(-c2cc3c4c(c2)c2cc(N(c5ccccc5)c5ccccc5)cc5c2n4B(c2ccccc2-3)c2ccccc2-5)cc1.c1ccc(N(c2ccccc2)c2cc3c4c(c2)c2cc(-c5cccc6ccccc56)cc5c2n4B(c2ccccc2-5)c2ccccc2-3)cc1. The van der Waals surface area contributed by atoms with Crippen molar-refractivity contribution >= 4 is 185 Å². The molecule has 4 aromatic heterocycles. The first-order valence-electron chi connectivity index (χ1n) is 50.5. The first-order valence-corrected chi connectivity index (χ1v) is 50.5. The Morgan fingerprint density at radius 3 is 0.738 bits per heavy atom. The van der Waals surface area contributed by atoms with Gasteiger partial charge in [-0.25, -0.2) is 0 Å². The molecule has 668 valence electrons. The first kappa shape index (κ1) is 81.2. The van der Waals surface area contributed by atoms with E-state index in [0.717, 1.165) is 34.1 Å². The zero-order valence-corrected chi connectivity index (χ0v) is 79.0. The molecule has 0 spiro atoms. The van der Waals surface area contributed by atoms with Crippen molar-refractivity contribution < 1.29 is 0 Å². The molecular formula is C136H85B3N6. The van der Waals surface area contributed by atoms with Gasteiger partial charge in [0, 0.05) is 149 Å². The molecule has 27 aromatic rings. The van der Waals surface area contributed by atoms with Gasteiger partial charge < -0.3 is 27.8 Å². The lowest BCUT2D eigenvalue weighted by Crippen LogP contribution is -2.53. The number of fused-ring (bicyclic) bond motifs is 25. The Labute approximate surface area is 839 Å². The Hall–Kier alpha value is -18.7. The van der Waals surface area contributed by atoms with Crippen LogP contribution >= 0.6 is 0 Å². The van der Waals surface area contributed by atoms with Crippen molar-refractivity contribution in [2.45, 2.75) is 0 Å². The van der Waals surface area contributed by atoms with Gasteiger partial charge in [0.25, 0.3) is 0 Å². The van der Waals surface area contributed by atoms with Gasteiger partial charge in [-0.1, -0.05) is 370 Å². The predicted molar refractivity (Wildman–Crippen MR) is 615 cm³/mol. The fraction of sp³-hybridized carbons (Fsp3) is 0. The largest absolute Gasteiger partial charge is 0.375 e. The van der Waals surface area contributed by atoms with E-state index in [9.17, 15) is 0 Å². The summed E-state index contributed by atoms with van der Waals surface area (Å²) in [5, 5.41) is 12.9. The molecule has 0 N–H and O–H groups in total. The average Bonchev–Trinajstić information content (AvgIpc) is 1.53. The zero-order chi connectivity index (χ0) is 94.7. The monoisotopic (exact) mass is 1830 g/mol. The number of benzene rings is 23. The lowest BCUT2D eigenvalue weighted by molar-refractivity contribution is 1.18. The molecule has 0 fully saturated rings. The molecule has 0 amide bonds. The van der Waals surface area contributed by atoms with Crippen molar-refractivity contribution in [1.29, 1.82) is 0 Å². The number of rotatable bonds is 11. The Morgan fingerprint density at radius 2 is 0.393 bits per heavy atom. The van der Waals surface area contributed by atoms with Gasteiger partial charge in [-0.2, -0.15) is 0 Å². The molecule has 0 radical (unpaired) electrons. The minimum atomic E-state index is 0.112. The summed E-state index contributed by atoms with van der Waals surface area (Å²) in [6, 6.07) is 190. The van der Waals surface area contributed by atoms with Gasteiger partial charge in [-0.05, 0) is 267 Å². The minimum Gasteiger partial charge on any atom is -0.375 e. The predicted octanol–water partition coefficient (Wildman–Crippen LogP) is 31.1. The van der Waals surface area contributed by atoms with E-state index in [1.807, 2.05) is 0 Å². The Morgan fingerprint density at radius 1 is 0.145 bits per heavy atom. The first-order chi connectivity index (χ1) is 72.0. The van der Waals surface area contributed by atoms with Crippen LogP contribution in [0.4, 0.5) is 34.1 Å². The topological polar surface area (TPSA) is 26.2 Å². The lowest BCUT2D eigenvalue weighted by Gasteiger charge is -2.33. The third-order valence-corrected chi connectivity index (χ3v) is 31.9. The number of hydrogen-bond acceptors (Lipinski definition) is 2. The van der Waals surface area contributed by atoms with E-state index >= 15 is 0 Å². The van der Waals surface area contributed by atoms with Crippen molar-refractivity contribution in [3.63, 3.8) is 0 Å². The fourth-order valence-electron chi connectivity index (χ4n) is 26.0. The van der Waals surface area contributed by atoms with E-state index in [0.29, 0.717) is 0 Å². The normalized spacial score (nSPS) is 12.5. The highest BCUT2D eigenvalue weighted by molar-refractivity contribution is 6.90. The molecule has 33 rings (SSSR count). The molecule has 9 heteroatoms. The Balaban J connectivity index is 0.0000000992. The van der Waals surface area contributed by atoms with Crippen LogP contribution in [0.3, 0.4) is 0 Å². The molecule has 0 atom stereocenters. The summed E-state index contributed by atoms with van der Waals surface area (Å²) in [7, 11) is 0. The summed E-state index contributed by atoms with van der Waals surface area (Å²) >= 11 is 0. The van der Waals surface area contributed by atoms with Crippen molar-refractivity contribution in [2.75, 3.05) is 9.80 Å². The molecule has 0 aliphatic carbocycles. The van der Waals surface area contributed by atoms with E-state index in [1.54, 1.807) is 0 Å². The van der Waals surface area contributed by atoms with Crippen LogP contribution < -0.4 is 42.6 Å². The Kier molecular flexibility index (Phi) is 17.9. The van der Waals surface area contributed by atoms with Gasteiger partial charge in [0.2, 0.25) is 0 Å². The second kappa shape index (κ2) is 31.9. The molecule has 10 heterocycles. The van der Waals surface area contributed by atoms with Crippen molar-refractivity contribution in [1.82, 2.24) is 18.0 Å². The highest BCUT2D eigenvalue weighted by Gasteiger charge is 2.45. The number of anilines is 6. The van der Waals surface area contributed by atoms with Crippen molar-refractivity contribution in [3.8, 4) is 117 Å². The molecule has 0 bridgehead atoms. The summed E-state index contributed by atoms with van der Waals surface area (Å²) in [6.07, 6.45) is 0. The maximum Gasteiger partial charge on any atom is 0.329 e. The highest BCUT2D eigenvalue weighted by Crippen LogP contribution is 2.55. The maximum absolute atomic E-state index is 2.66. The number of para-hydroxylation sites is 6. The maximum atomic E-state index is 2.66. The number of aromatic nitrogens is 4. The van der Waals surface area contributed by atoms with E-state index in [2.05, 4.69) is 543 Å². The quantitative estimate of drug-likeness (QED) is 0.121. The van der Waals surface area contributed by atoms with Gasteiger partial charge in [0.15, 0.2) is 0 Å². The molecule has 6 aliphatic heterocycles. The summed E-state index contributed by atoms with van der Waals surface area (Å²) in [6.45, 7) is 0.377. The molecule has 6 nitrogen and oxygen atoms in total. The van der Waals surface area contributed by atoms with Gasteiger partial charge in [0.05, 0.1) is 11.0 Å². The second-order valence-electron chi connectivity index (χ2n) is 39.5. The van der Waals surface area contributed by atoms with Crippen LogP contribution in [0.2, 0.25) is 0 Å². The lowest BCUT2D eigenvalue weighted by atomic mass is 9.45. The molecule has 6 aliphatic rings. The van der Waals surface area contributed by atoms with E-state index in [1.165, 1.54) is 248 Å². The van der Waals surface area contributed by atoms with Crippen LogP contribution in [0.15, 0.2) is 516 Å². The average molecular weight is 1840 g/mol. The van der Waals surface area contributed by atoms with Gasteiger partial charge in [-0.3, -0.25) is 0 Å². The smallest absolute Gasteiger partial charge is 0.329 e. The van der Waals surface area contributed by atoms with Crippen LogP contribution in [0.1, 0.15) is 0 Å². The summed E-state index contributed by atoms with van der Waals surface area (Å²) < 4.78 is 10.4. The third-order valence-electron chi connectivity index (χ3n) is 31.9. The molecular weight excluding hydrogens is 1750 g/mol. The summed E-state index contributed by atoms with van der Waals surface area (Å²) in [5.74, 6) is 0. The summed E-state index contributed by atoms with van der Waals surface area (Å²) in [5.41, 5.74) is 52.3. The molecule has 0 unspecified atom stereocenters. The molecule has 0 saturated heterocycles. The van der Waals surface area contributed by atoms with Crippen molar-refractivity contribution in [2.24, 2.45) is 0 Å². The van der Waals surface area contributed by atoms with Gasteiger partial charge >= 0.3 is 20.5 Å². The zero-order valence-electron chi connectivity index (χ0n) is 79.0. The Bertz CT molecular complexity index is 9970. The molecule has 145 heavy (non-hydrogen) atoms. The van der Waals surface area contributed by atoms with Gasteiger partial charge in [0.1, 0.15) is 0 Å².